The van der Waals surface area contributed by atoms with Crippen LogP contribution in [0.15, 0.2) is 18.2 Å². The maximum atomic E-state index is 6.05. The molecule has 1 rings (SSSR count). The third-order valence-corrected chi connectivity index (χ3v) is 2.88. The van der Waals surface area contributed by atoms with Crippen LogP contribution in [0.3, 0.4) is 0 Å². The molecule has 1 aromatic rings. The number of nitrogens with two attached hydrogens (primary N) is 1. The Hall–Kier alpha value is -0.730. The molecule has 0 aliphatic heterocycles. The van der Waals surface area contributed by atoms with Gasteiger partial charge in [-0.25, -0.2) is 0 Å². The topological polar surface area (TPSA) is 35.2 Å². The van der Waals surface area contributed by atoms with Crippen LogP contribution in [0.1, 0.15) is 31.7 Å². The van der Waals surface area contributed by atoms with Gasteiger partial charge in [0.1, 0.15) is 5.75 Å². The van der Waals surface area contributed by atoms with E-state index in [-0.39, 0.29) is 6.04 Å². The molecular formula is C13H20ClNO. The molecule has 1 unspecified atom stereocenters. The molecule has 0 aliphatic rings. The van der Waals surface area contributed by atoms with E-state index in [0.717, 1.165) is 30.6 Å². The highest BCUT2D eigenvalue weighted by atomic mass is 35.5. The minimum atomic E-state index is 0.289. The van der Waals surface area contributed by atoms with Gasteiger partial charge in [0.15, 0.2) is 0 Å². The Morgan fingerprint density at radius 2 is 2.19 bits per heavy atom. The summed E-state index contributed by atoms with van der Waals surface area (Å²) in [4.78, 5) is 0. The van der Waals surface area contributed by atoms with Crippen LogP contribution in [0.4, 0.5) is 0 Å². The van der Waals surface area contributed by atoms with Gasteiger partial charge < -0.3 is 10.5 Å². The van der Waals surface area contributed by atoms with E-state index in [2.05, 4.69) is 6.92 Å². The third kappa shape index (κ3) is 4.42. The predicted molar refractivity (Wildman–Crippen MR) is 69.2 cm³/mol. The van der Waals surface area contributed by atoms with Crippen LogP contribution in [0, 0.1) is 6.92 Å². The lowest BCUT2D eigenvalue weighted by Crippen LogP contribution is -2.19. The quantitative estimate of drug-likeness (QED) is 0.774. The number of hydrogen-bond acceptors (Lipinski definition) is 2. The van der Waals surface area contributed by atoms with Gasteiger partial charge in [-0.1, -0.05) is 24.6 Å². The zero-order valence-electron chi connectivity index (χ0n) is 10.0. The molecule has 0 saturated carbocycles. The van der Waals surface area contributed by atoms with Gasteiger partial charge in [-0.3, -0.25) is 0 Å². The second-order valence-corrected chi connectivity index (χ2v) is 4.50. The molecule has 2 nitrogen and oxygen atoms in total. The van der Waals surface area contributed by atoms with Crippen molar-refractivity contribution in [2.45, 2.75) is 39.2 Å². The number of halogens is 1. The number of rotatable bonds is 6. The monoisotopic (exact) mass is 241 g/mol. The summed E-state index contributed by atoms with van der Waals surface area (Å²) in [7, 11) is 0. The Bertz CT molecular complexity index is 328. The van der Waals surface area contributed by atoms with E-state index >= 15 is 0 Å². The zero-order valence-corrected chi connectivity index (χ0v) is 10.8. The number of aryl methyl sites for hydroxylation is 1. The first-order chi connectivity index (χ1) is 7.63. The predicted octanol–water partition coefficient (Wildman–Crippen LogP) is 3.54. The van der Waals surface area contributed by atoms with Gasteiger partial charge in [0.05, 0.1) is 11.6 Å². The summed E-state index contributed by atoms with van der Waals surface area (Å²) < 4.78 is 5.60. The van der Waals surface area contributed by atoms with Crippen LogP contribution in [0.2, 0.25) is 5.02 Å². The smallest absolute Gasteiger partial charge is 0.137 e. The van der Waals surface area contributed by atoms with Crippen molar-refractivity contribution in [2.24, 2.45) is 5.73 Å². The standard InChI is InChI=1S/C13H20ClNO/c1-3-11(15)5-4-8-16-13-7-6-10(2)9-12(13)14/h6-7,9,11H,3-5,8,15H2,1-2H3. The molecule has 16 heavy (non-hydrogen) atoms. The summed E-state index contributed by atoms with van der Waals surface area (Å²) in [5, 5.41) is 0.680. The van der Waals surface area contributed by atoms with Crippen molar-refractivity contribution in [3.63, 3.8) is 0 Å². The SMILES string of the molecule is CCC(N)CCCOc1ccc(C)cc1Cl. The Labute approximate surface area is 103 Å². The highest BCUT2D eigenvalue weighted by Gasteiger charge is 2.02. The molecule has 0 heterocycles. The fraction of sp³-hybridized carbons (Fsp3) is 0.538. The molecule has 0 aliphatic carbocycles. The Kier molecular flexibility index (Phi) is 5.64. The largest absolute Gasteiger partial charge is 0.492 e. The summed E-state index contributed by atoms with van der Waals surface area (Å²) >= 11 is 6.05. The normalized spacial score (nSPS) is 12.5. The van der Waals surface area contributed by atoms with Crippen molar-refractivity contribution in [3.05, 3.63) is 28.8 Å². The highest BCUT2D eigenvalue weighted by molar-refractivity contribution is 6.32. The van der Waals surface area contributed by atoms with E-state index in [9.17, 15) is 0 Å². The molecule has 0 saturated heterocycles. The molecule has 0 amide bonds. The fourth-order valence-corrected chi connectivity index (χ4v) is 1.74. The van der Waals surface area contributed by atoms with E-state index in [0.29, 0.717) is 11.6 Å². The summed E-state index contributed by atoms with van der Waals surface area (Å²) in [6.07, 6.45) is 2.99. The lowest BCUT2D eigenvalue weighted by atomic mass is 10.1. The molecular weight excluding hydrogens is 222 g/mol. The van der Waals surface area contributed by atoms with Gasteiger partial charge in [-0.05, 0) is 43.9 Å². The highest BCUT2D eigenvalue weighted by Crippen LogP contribution is 2.25. The van der Waals surface area contributed by atoms with E-state index in [1.807, 2.05) is 25.1 Å². The minimum absolute atomic E-state index is 0.289. The van der Waals surface area contributed by atoms with Crippen molar-refractivity contribution in [1.29, 1.82) is 0 Å². The van der Waals surface area contributed by atoms with Gasteiger partial charge in [0, 0.05) is 6.04 Å². The maximum Gasteiger partial charge on any atom is 0.137 e. The van der Waals surface area contributed by atoms with Crippen LogP contribution >= 0.6 is 11.6 Å². The molecule has 1 aromatic carbocycles. The summed E-state index contributed by atoms with van der Waals surface area (Å²) in [5.74, 6) is 0.761. The lowest BCUT2D eigenvalue weighted by Gasteiger charge is -2.10. The average Bonchev–Trinajstić information content (AvgIpc) is 2.26. The summed E-state index contributed by atoms with van der Waals surface area (Å²) in [5.41, 5.74) is 6.96. The number of ether oxygens (including phenoxy) is 1. The van der Waals surface area contributed by atoms with Gasteiger partial charge in [0.2, 0.25) is 0 Å². The van der Waals surface area contributed by atoms with Gasteiger partial charge in [-0.15, -0.1) is 0 Å². The van der Waals surface area contributed by atoms with Crippen LogP contribution in [-0.2, 0) is 0 Å². The van der Waals surface area contributed by atoms with Crippen molar-refractivity contribution < 1.29 is 4.74 Å². The van der Waals surface area contributed by atoms with Crippen LogP contribution in [0.5, 0.6) is 5.75 Å². The molecule has 0 fully saturated rings. The van der Waals surface area contributed by atoms with Gasteiger partial charge in [0.25, 0.3) is 0 Å². The second kappa shape index (κ2) is 6.77. The van der Waals surface area contributed by atoms with Crippen LogP contribution < -0.4 is 10.5 Å². The molecule has 0 radical (unpaired) electrons. The first kappa shape index (κ1) is 13.3. The average molecular weight is 242 g/mol. The summed E-state index contributed by atoms with van der Waals surface area (Å²) in [6, 6.07) is 6.11. The minimum Gasteiger partial charge on any atom is -0.492 e. The Morgan fingerprint density at radius 3 is 2.81 bits per heavy atom. The molecule has 2 N–H and O–H groups in total. The van der Waals surface area contributed by atoms with E-state index in [1.54, 1.807) is 0 Å². The van der Waals surface area contributed by atoms with Gasteiger partial charge >= 0.3 is 0 Å². The van der Waals surface area contributed by atoms with E-state index in [4.69, 9.17) is 22.1 Å². The van der Waals surface area contributed by atoms with E-state index < -0.39 is 0 Å². The number of benzene rings is 1. The third-order valence-electron chi connectivity index (χ3n) is 2.59. The van der Waals surface area contributed by atoms with Gasteiger partial charge in [-0.2, -0.15) is 0 Å². The Morgan fingerprint density at radius 1 is 1.44 bits per heavy atom. The van der Waals surface area contributed by atoms with Crippen LogP contribution in [0.25, 0.3) is 0 Å². The first-order valence-electron chi connectivity index (χ1n) is 5.78. The molecule has 3 heteroatoms. The number of hydrogen-bond donors (Lipinski definition) is 1. The van der Waals surface area contributed by atoms with Crippen molar-refractivity contribution >= 4 is 11.6 Å². The lowest BCUT2D eigenvalue weighted by molar-refractivity contribution is 0.301. The zero-order chi connectivity index (χ0) is 12.0. The van der Waals surface area contributed by atoms with E-state index in [1.165, 1.54) is 0 Å². The molecule has 1 atom stereocenters. The summed E-state index contributed by atoms with van der Waals surface area (Å²) in [6.45, 7) is 4.79. The van der Waals surface area contributed by atoms with Crippen LogP contribution in [-0.4, -0.2) is 12.6 Å². The molecule has 0 spiro atoms. The Balaban J connectivity index is 2.32. The fourth-order valence-electron chi connectivity index (χ4n) is 1.45. The molecule has 90 valence electrons. The molecule has 0 aromatic heterocycles. The van der Waals surface area contributed by atoms with Crippen molar-refractivity contribution in [1.82, 2.24) is 0 Å². The maximum absolute atomic E-state index is 6.05. The molecule has 0 bridgehead atoms. The van der Waals surface area contributed by atoms with Crippen molar-refractivity contribution in [3.8, 4) is 5.75 Å². The first-order valence-corrected chi connectivity index (χ1v) is 6.15. The van der Waals surface area contributed by atoms with Crippen molar-refractivity contribution in [2.75, 3.05) is 6.61 Å². The second-order valence-electron chi connectivity index (χ2n) is 4.09.